The van der Waals surface area contributed by atoms with Gasteiger partial charge in [0, 0.05) is 6.04 Å². The lowest BCUT2D eigenvalue weighted by molar-refractivity contribution is -0.129. The number of hydrogen-bond acceptors (Lipinski definition) is 3. The topological polar surface area (TPSA) is 58.6 Å². The van der Waals surface area contributed by atoms with Crippen LogP contribution in [-0.4, -0.2) is 35.9 Å². The number of carbonyl (C=O) groups excluding carboxylic acids is 1. The molecule has 0 spiro atoms. The van der Waals surface area contributed by atoms with Crippen molar-refractivity contribution in [1.29, 1.82) is 0 Å². The molecule has 4 heteroatoms. The zero-order chi connectivity index (χ0) is 12.1. The molecule has 2 aliphatic rings. The summed E-state index contributed by atoms with van der Waals surface area (Å²) >= 11 is 0. The predicted octanol–water partition coefficient (Wildman–Crippen LogP) is 1.37. The van der Waals surface area contributed by atoms with Gasteiger partial charge < -0.3 is 15.2 Å². The summed E-state index contributed by atoms with van der Waals surface area (Å²) in [4.78, 5) is 11.6. The number of ether oxygens (including phenoxy) is 1. The van der Waals surface area contributed by atoms with E-state index in [4.69, 9.17) is 4.74 Å². The van der Waals surface area contributed by atoms with Gasteiger partial charge in [-0.2, -0.15) is 0 Å². The average molecular weight is 241 g/mol. The third kappa shape index (κ3) is 4.28. The SMILES string of the molecule is O=C(COC1CCC(O)CC1)NC1CCCC1. The molecule has 98 valence electrons. The number of hydrogen-bond donors (Lipinski definition) is 2. The summed E-state index contributed by atoms with van der Waals surface area (Å²) in [5, 5.41) is 12.4. The molecule has 4 nitrogen and oxygen atoms in total. The van der Waals surface area contributed by atoms with E-state index in [1.165, 1.54) is 12.8 Å². The molecule has 2 N–H and O–H groups in total. The van der Waals surface area contributed by atoms with E-state index >= 15 is 0 Å². The molecule has 1 amide bonds. The fraction of sp³-hybridized carbons (Fsp3) is 0.923. The summed E-state index contributed by atoms with van der Waals surface area (Å²) in [5.74, 6) is 0.0167. The van der Waals surface area contributed by atoms with Gasteiger partial charge in [-0.3, -0.25) is 4.79 Å². The Kier molecular flexibility index (Phi) is 4.80. The Balaban J connectivity index is 1.59. The van der Waals surface area contributed by atoms with Crippen LogP contribution in [0, 0.1) is 0 Å². The number of carbonyl (C=O) groups is 1. The first-order valence-corrected chi connectivity index (χ1v) is 6.83. The zero-order valence-corrected chi connectivity index (χ0v) is 10.4. The highest BCUT2D eigenvalue weighted by molar-refractivity contribution is 5.77. The van der Waals surface area contributed by atoms with Gasteiger partial charge in [-0.15, -0.1) is 0 Å². The van der Waals surface area contributed by atoms with Crippen LogP contribution in [0.25, 0.3) is 0 Å². The van der Waals surface area contributed by atoms with Gasteiger partial charge in [0.2, 0.25) is 5.91 Å². The molecule has 0 atom stereocenters. The van der Waals surface area contributed by atoms with Crippen LogP contribution in [0.15, 0.2) is 0 Å². The third-order valence-electron chi connectivity index (χ3n) is 3.81. The second kappa shape index (κ2) is 6.36. The molecule has 0 aromatic heterocycles. The van der Waals surface area contributed by atoms with Crippen molar-refractivity contribution in [1.82, 2.24) is 5.32 Å². The van der Waals surface area contributed by atoms with Gasteiger partial charge in [-0.1, -0.05) is 12.8 Å². The van der Waals surface area contributed by atoms with Gasteiger partial charge in [0.05, 0.1) is 12.2 Å². The van der Waals surface area contributed by atoms with Crippen molar-refractivity contribution >= 4 is 5.91 Å². The molecule has 2 aliphatic carbocycles. The lowest BCUT2D eigenvalue weighted by atomic mass is 9.95. The normalized spacial score (nSPS) is 30.4. The van der Waals surface area contributed by atoms with Crippen LogP contribution in [0.2, 0.25) is 0 Å². The Labute approximate surface area is 103 Å². The lowest BCUT2D eigenvalue weighted by Gasteiger charge is -2.25. The molecule has 2 rings (SSSR count). The molecule has 0 heterocycles. The maximum atomic E-state index is 11.6. The Morgan fingerprint density at radius 3 is 2.41 bits per heavy atom. The zero-order valence-electron chi connectivity index (χ0n) is 10.4. The molecular formula is C13H23NO3. The van der Waals surface area contributed by atoms with Gasteiger partial charge in [-0.25, -0.2) is 0 Å². The van der Waals surface area contributed by atoms with Gasteiger partial charge in [0.15, 0.2) is 0 Å². The highest BCUT2D eigenvalue weighted by atomic mass is 16.5. The van der Waals surface area contributed by atoms with Crippen molar-refractivity contribution in [3.8, 4) is 0 Å². The minimum absolute atomic E-state index is 0.0167. The first-order valence-electron chi connectivity index (χ1n) is 6.83. The van der Waals surface area contributed by atoms with Crippen LogP contribution in [0.5, 0.6) is 0 Å². The Bertz CT molecular complexity index is 243. The summed E-state index contributed by atoms with van der Waals surface area (Å²) in [7, 11) is 0. The fourth-order valence-electron chi connectivity index (χ4n) is 2.74. The van der Waals surface area contributed by atoms with E-state index < -0.39 is 0 Å². The summed E-state index contributed by atoms with van der Waals surface area (Å²) in [6.45, 7) is 0.178. The van der Waals surface area contributed by atoms with Crippen LogP contribution < -0.4 is 5.32 Å². The van der Waals surface area contributed by atoms with Gasteiger partial charge in [-0.05, 0) is 38.5 Å². The molecular weight excluding hydrogens is 218 g/mol. The van der Waals surface area contributed by atoms with Crippen LogP contribution in [0.4, 0.5) is 0 Å². The second-order valence-corrected chi connectivity index (χ2v) is 5.29. The molecule has 0 radical (unpaired) electrons. The number of aliphatic hydroxyl groups is 1. The number of nitrogens with one attached hydrogen (secondary N) is 1. The molecule has 0 aromatic carbocycles. The highest BCUT2D eigenvalue weighted by Gasteiger charge is 2.21. The maximum absolute atomic E-state index is 11.6. The summed E-state index contributed by atoms with van der Waals surface area (Å²) < 4.78 is 5.58. The van der Waals surface area contributed by atoms with Crippen molar-refractivity contribution in [2.75, 3.05) is 6.61 Å². The summed E-state index contributed by atoms with van der Waals surface area (Å²) in [5.41, 5.74) is 0. The smallest absolute Gasteiger partial charge is 0.246 e. The number of rotatable bonds is 4. The molecule has 0 saturated heterocycles. The fourth-order valence-corrected chi connectivity index (χ4v) is 2.74. The molecule has 2 saturated carbocycles. The minimum atomic E-state index is -0.165. The molecule has 0 unspecified atom stereocenters. The number of aliphatic hydroxyl groups excluding tert-OH is 1. The molecule has 0 bridgehead atoms. The Morgan fingerprint density at radius 2 is 1.76 bits per heavy atom. The quantitative estimate of drug-likeness (QED) is 0.781. The standard InChI is InChI=1S/C13H23NO3/c15-11-5-7-12(8-6-11)17-9-13(16)14-10-3-1-2-4-10/h10-12,15H,1-9H2,(H,14,16). The van der Waals surface area contributed by atoms with Crippen LogP contribution in [0.1, 0.15) is 51.4 Å². The van der Waals surface area contributed by atoms with E-state index in [9.17, 15) is 9.90 Å². The second-order valence-electron chi connectivity index (χ2n) is 5.29. The van der Waals surface area contributed by atoms with E-state index in [0.717, 1.165) is 38.5 Å². The summed E-state index contributed by atoms with van der Waals surface area (Å²) in [6.07, 6.45) is 8.02. The van der Waals surface area contributed by atoms with Crippen LogP contribution in [0.3, 0.4) is 0 Å². The lowest BCUT2D eigenvalue weighted by Crippen LogP contribution is -2.37. The monoisotopic (exact) mass is 241 g/mol. The first kappa shape index (κ1) is 12.8. The van der Waals surface area contributed by atoms with Gasteiger partial charge >= 0.3 is 0 Å². The number of amides is 1. The van der Waals surface area contributed by atoms with Crippen LogP contribution >= 0.6 is 0 Å². The van der Waals surface area contributed by atoms with Crippen molar-refractivity contribution in [3.63, 3.8) is 0 Å². The molecule has 0 aromatic rings. The molecule has 0 aliphatic heterocycles. The summed E-state index contributed by atoms with van der Waals surface area (Å²) in [6, 6.07) is 0.374. The van der Waals surface area contributed by atoms with E-state index in [0.29, 0.717) is 6.04 Å². The Hall–Kier alpha value is -0.610. The van der Waals surface area contributed by atoms with Crippen molar-refractivity contribution in [2.45, 2.75) is 69.6 Å². The first-order chi connectivity index (χ1) is 8.24. The molecule has 17 heavy (non-hydrogen) atoms. The predicted molar refractivity (Wildman–Crippen MR) is 64.6 cm³/mol. The van der Waals surface area contributed by atoms with Gasteiger partial charge in [0.1, 0.15) is 6.61 Å². The van der Waals surface area contributed by atoms with Crippen molar-refractivity contribution in [3.05, 3.63) is 0 Å². The van der Waals surface area contributed by atoms with Crippen molar-refractivity contribution < 1.29 is 14.6 Å². The Morgan fingerprint density at radius 1 is 1.12 bits per heavy atom. The van der Waals surface area contributed by atoms with E-state index in [2.05, 4.69) is 5.32 Å². The minimum Gasteiger partial charge on any atom is -0.393 e. The maximum Gasteiger partial charge on any atom is 0.246 e. The average Bonchev–Trinajstić information content (AvgIpc) is 2.81. The van der Waals surface area contributed by atoms with Crippen molar-refractivity contribution in [2.24, 2.45) is 0 Å². The largest absolute Gasteiger partial charge is 0.393 e. The van der Waals surface area contributed by atoms with Crippen LogP contribution in [-0.2, 0) is 9.53 Å². The van der Waals surface area contributed by atoms with E-state index in [-0.39, 0.29) is 24.7 Å². The van der Waals surface area contributed by atoms with E-state index in [1.807, 2.05) is 0 Å². The van der Waals surface area contributed by atoms with E-state index in [1.54, 1.807) is 0 Å². The third-order valence-corrected chi connectivity index (χ3v) is 3.81. The van der Waals surface area contributed by atoms with Gasteiger partial charge in [0.25, 0.3) is 0 Å². The molecule has 2 fully saturated rings. The highest BCUT2D eigenvalue weighted by Crippen LogP contribution is 2.21.